The molecule has 34 heavy (non-hydrogen) atoms. The number of fused-ring (bicyclic) bond motifs is 1. The van der Waals surface area contributed by atoms with E-state index in [0.717, 1.165) is 5.69 Å². The van der Waals surface area contributed by atoms with E-state index in [0.29, 0.717) is 35.7 Å². The molecule has 0 bridgehead atoms. The summed E-state index contributed by atoms with van der Waals surface area (Å²) in [5, 5.41) is 1.02. The van der Waals surface area contributed by atoms with E-state index in [1.54, 1.807) is 33.4 Å². The average Bonchev–Trinajstić information content (AvgIpc) is 3.20. The highest BCUT2D eigenvalue weighted by atomic mass is 35.5. The van der Waals surface area contributed by atoms with Crippen LogP contribution in [0.3, 0.4) is 0 Å². The maximum atomic E-state index is 13.7. The molecule has 0 unspecified atom stereocenters. The summed E-state index contributed by atoms with van der Waals surface area (Å²) in [5.41, 5.74) is 2.29. The molecule has 0 aliphatic heterocycles. The number of halogens is 1. The Kier molecular flexibility index (Phi) is 6.47. The third-order valence-corrected chi connectivity index (χ3v) is 7.65. The average molecular weight is 522 g/mol. The van der Waals surface area contributed by atoms with Crippen LogP contribution in [-0.4, -0.2) is 25.7 Å². The first kappa shape index (κ1) is 22.7. The minimum Gasteiger partial charge on any atom is -0.293 e. The van der Waals surface area contributed by atoms with Crippen molar-refractivity contribution >= 4 is 63.0 Å². The monoisotopic (exact) mass is 521 g/mol. The van der Waals surface area contributed by atoms with Crippen LogP contribution in [0.4, 0.5) is 0 Å². The topological polar surface area (TPSA) is 56.9 Å². The quantitative estimate of drug-likeness (QED) is 0.109. The number of thiazole rings is 1. The number of thioether (sulfide) groups is 1. The van der Waals surface area contributed by atoms with E-state index >= 15 is 0 Å². The second kappa shape index (κ2) is 9.68. The van der Waals surface area contributed by atoms with E-state index < -0.39 is 0 Å². The van der Waals surface area contributed by atoms with Gasteiger partial charge in [-0.15, -0.1) is 0 Å². The molecular formula is C25H16ClN3O2S3. The molecule has 0 atom stereocenters. The van der Waals surface area contributed by atoms with Gasteiger partial charge in [-0.1, -0.05) is 83.2 Å². The number of hydrogen-bond acceptors (Lipinski definition) is 6. The number of nitrogens with zero attached hydrogens (tertiary/aromatic N) is 3. The summed E-state index contributed by atoms with van der Waals surface area (Å²) in [7, 11) is 0. The highest BCUT2D eigenvalue weighted by molar-refractivity contribution is 7.99. The molecule has 0 saturated carbocycles. The largest absolute Gasteiger partial charge is 0.293 e. The molecule has 9 heteroatoms. The van der Waals surface area contributed by atoms with Crippen molar-refractivity contribution in [3.63, 3.8) is 0 Å². The molecular weight excluding hydrogens is 506 g/mol. The molecule has 0 N–H and O–H groups in total. The van der Waals surface area contributed by atoms with Crippen molar-refractivity contribution in [1.29, 1.82) is 0 Å². The van der Waals surface area contributed by atoms with Gasteiger partial charge in [-0.3, -0.25) is 18.7 Å². The maximum Gasteiger partial charge on any atom is 0.278 e. The van der Waals surface area contributed by atoms with Gasteiger partial charge in [0.25, 0.3) is 5.56 Å². The zero-order valence-corrected chi connectivity index (χ0v) is 20.8. The van der Waals surface area contributed by atoms with Gasteiger partial charge in [-0.2, -0.15) is 0 Å². The molecule has 0 saturated heterocycles. The summed E-state index contributed by atoms with van der Waals surface area (Å²) in [5.74, 6) is 0.0973. The van der Waals surface area contributed by atoms with Crippen LogP contribution >= 0.6 is 46.9 Å². The van der Waals surface area contributed by atoms with E-state index in [1.807, 2.05) is 60.7 Å². The highest BCUT2D eigenvalue weighted by Gasteiger charge is 2.20. The Morgan fingerprint density at radius 3 is 2.21 bits per heavy atom. The van der Waals surface area contributed by atoms with Crippen LogP contribution in [0.1, 0.15) is 10.4 Å². The first-order chi connectivity index (χ1) is 16.5. The van der Waals surface area contributed by atoms with Crippen molar-refractivity contribution in [3.8, 4) is 11.4 Å². The summed E-state index contributed by atoms with van der Waals surface area (Å²) in [6.07, 6.45) is 0. The lowest BCUT2D eigenvalue weighted by Crippen LogP contribution is -2.22. The molecule has 0 radical (unpaired) electrons. The lowest BCUT2D eigenvalue weighted by molar-refractivity contribution is 0.102. The maximum absolute atomic E-state index is 13.7. The first-order valence-electron chi connectivity index (χ1n) is 10.2. The van der Waals surface area contributed by atoms with Gasteiger partial charge in [-0.05, 0) is 48.6 Å². The van der Waals surface area contributed by atoms with Crippen LogP contribution < -0.4 is 5.56 Å². The minimum absolute atomic E-state index is 0.0422. The van der Waals surface area contributed by atoms with Gasteiger partial charge in [-0.25, -0.2) is 4.98 Å². The Hall–Kier alpha value is -3.04. The van der Waals surface area contributed by atoms with E-state index in [9.17, 15) is 9.59 Å². The third-order valence-electron chi connectivity index (χ3n) is 5.10. The van der Waals surface area contributed by atoms with Gasteiger partial charge in [0.15, 0.2) is 20.5 Å². The fraction of sp³-hybridized carbons (Fsp3) is 0.0400. The molecule has 168 valence electrons. The van der Waals surface area contributed by atoms with Crippen LogP contribution in [0.25, 0.3) is 21.7 Å². The van der Waals surface area contributed by atoms with E-state index in [1.165, 1.54) is 23.1 Å². The summed E-state index contributed by atoms with van der Waals surface area (Å²) < 4.78 is 4.26. The van der Waals surface area contributed by atoms with Crippen molar-refractivity contribution < 1.29 is 4.79 Å². The zero-order valence-electron chi connectivity index (χ0n) is 17.6. The standard InChI is InChI=1S/C25H16ClN3O2S3/c26-17-11-13-19(14-12-17)28-22-21(34-25(28)32)23(31)29(18-9-5-2-6-10-18)24(27-22)33-15-20(30)16-7-3-1-4-8-16/h1-14H,15H2. The van der Waals surface area contributed by atoms with E-state index in [4.69, 9.17) is 28.8 Å². The molecule has 5 nitrogen and oxygen atoms in total. The van der Waals surface area contributed by atoms with Crippen molar-refractivity contribution in [1.82, 2.24) is 14.1 Å². The van der Waals surface area contributed by atoms with Crippen molar-refractivity contribution in [2.24, 2.45) is 0 Å². The number of rotatable bonds is 6. The smallest absolute Gasteiger partial charge is 0.278 e. The van der Waals surface area contributed by atoms with Crippen LogP contribution in [0.5, 0.6) is 0 Å². The summed E-state index contributed by atoms with van der Waals surface area (Å²) >= 11 is 14.1. The molecule has 0 fully saturated rings. The van der Waals surface area contributed by atoms with Gasteiger partial charge in [0.2, 0.25) is 0 Å². The molecule has 0 spiro atoms. The third kappa shape index (κ3) is 4.37. The second-order valence-electron chi connectivity index (χ2n) is 7.28. The zero-order chi connectivity index (χ0) is 23.7. The molecule has 2 aromatic heterocycles. The molecule has 3 aromatic carbocycles. The summed E-state index contributed by atoms with van der Waals surface area (Å²) in [4.78, 5) is 31.3. The Morgan fingerprint density at radius 1 is 0.912 bits per heavy atom. The van der Waals surface area contributed by atoms with Crippen LogP contribution in [-0.2, 0) is 0 Å². The Labute approximate surface area is 213 Å². The predicted octanol–water partition coefficient (Wildman–Crippen LogP) is 6.60. The van der Waals surface area contributed by atoms with Crippen LogP contribution in [0.15, 0.2) is 94.9 Å². The number of benzene rings is 3. The number of hydrogen-bond donors (Lipinski definition) is 0. The van der Waals surface area contributed by atoms with E-state index in [-0.39, 0.29) is 17.1 Å². The van der Waals surface area contributed by atoms with Gasteiger partial charge >= 0.3 is 0 Å². The Morgan fingerprint density at radius 2 is 1.53 bits per heavy atom. The number of Topliss-reactive ketones (excluding diaryl/α,β-unsaturated/α-hetero) is 1. The molecule has 5 rings (SSSR count). The van der Waals surface area contributed by atoms with Crippen molar-refractivity contribution in [3.05, 3.63) is 110 Å². The number of carbonyl (C=O) groups excluding carboxylic acids is 1. The highest BCUT2D eigenvalue weighted by Crippen LogP contribution is 2.28. The van der Waals surface area contributed by atoms with Gasteiger partial charge < -0.3 is 0 Å². The number of para-hydroxylation sites is 1. The Balaban J connectivity index is 1.67. The van der Waals surface area contributed by atoms with Crippen LogP contribution in [0.2, 0.25) is 5.02 Å². The van der Waals surface area contributed by atoms with Gasteiger partial charge in [0.05, 0.1) is 11.4 Å². The molecule has 0 aliphatic rings. The van der Waals surface area contributed by atoms with Gasteiger partial charge in [0, 0.05) is 16.3 Å². The first-order valence-corrected chi connectivity index (χ1v) is 12.8. The van der Waals surface area contributed by atoms with Crippen molar-refractivity contribution in [2.45, 2.75) is 5.16 Å². The fourth-order valence-corrected chi connectivity index (χ4v) is 5.82. The Bertz CT molecular complexity index is 1610. The van der Waals surface area contributed by atoms with Crippen molar-refractivity contribution in [2.75, 3.05) is 5.75 Å². The lowest BCUT2D eigenvalue weighted by atomic mass is 10.2. The second-order valence-corrected chi connectivity index (χ2v) is 10.3. The minimum atomic E-state index is -0.227. The number of aromatic nitrogens is 3. The predicted molar refractivity (Wildman–Crippen MR) is 142 cm³/mol. The molecule has 2 heterocycles. The lowest BCUT2D eigenvalue weighted by Gasteiger charge is -2.13. The molecule has 5 aromatic rings. The summed E-state index contributed by atoms with van der Waals surface area (Å²) in [6, 6.07) is 25.6. The fourth-order valence-electron chi connectivity index (χ4n) is 3.49. The SMILES string of the molecule is O=C(CSc1nc2c(sc(=S)n2-c2ccc(Cl)cc2)c(=O)n1-c1ccccc1)c1ccccc1. The molecule has 0 aliphatic carbocycles. The number of carbonyl (C=O) groups is 1. The number of ketones is 1. The normalized spacial score (nSPS) is 11.1. The van der Waals surface area contributed by atoms with E-state index in [2.05, 4.69) is 0 Å². The van der Waals surface area contributed by atoms with Gasteiger partial charge in [0.1, 0.15) is 4.70 Å². The van der Waals surface area contributed by atoms with Crippen LogP contribution in [0, 0.1) is 3.95 Å². The molecule has 0 amide bonds. The summed E-state index contributed by atoms with van der Waals surface area (Å²) in [6.45, 7) is 0.